The molecule has 0 aliphatic rings. The van der Waals surface area contributed by atoms with E-state index in [0.717, 1.165) is 16.6 Å². The van der Waals surface area contributed by atoms with E-state index < -0.39 is 0 Å². The van der Waals surface area contributed by atoms with Gasteiger partial charge in [-0.15, -0.1) is 0 Å². The Kier molecular flexibility index (Phi) is 5.07. The van der Waals surface area contributed by atoms with E-state index in [4.69, 9.17) is 23.2 Å². The molecule has 0 bridgehead atoms. The van der Waals surface area contributed by atoms with Gasteiger partial charge in [-0.3, -0.25) is 4.79 Å². The number of amides is 1. The molecule has 3 rings (SSSR count). The standard InChI is InChI=1S/C18H17Cl2N3O/c1-12(23-11-22-16-4-2-3-5-17(16)23)18(24)21-9-8-13-6-7-14(19)10-15(13)20/h2-7,10-12H,8-9H2,1H3,(H,21,24). The number of nitrogens with zero attached hydrogens (tertiary/aromatic N) is 2. The van der Waals surface area contributed by atoms with Crippen LogP contribution in [-0.2, 0) is 11.2 Å². The summed E-state index contributed by atoms with van der Waals surface area (Å²) in [5, 5.41) is 4.17. The number of nitrogens with one attached hydrogen (secondary N) is 1. The van der Waals surface area contributed by atoms with Gasteiger partial charge in [0.2, 0.25) is 5.91 Å². The van der Waals surface area contributed by atoms with Crippen molar-refractivity contribution in [1.82, 2.24) is 14.9 Å². The Morgan fingerprint density at radius 1 is 1.25 bits per heavy atom. The second-order valence-electron chi connectivity index (χ2n) is 5.59. The number of fused-ring (bicyclic) bond motifs is 1. The van der Waals surface area contributed by atoms with E-state index in [2.05, 4.69) is 10.3 Å². The smallest absolute Gasteiger partial charge is 0.242 e. The molecule has 4 nitrogen and oxygen atoms in total. The number of carbonyl (C=O) groups excluding carboxylic acids is 1. The molecule has 3 aromatic rings. The maximum Gasteiger partial charge on any atom is 0.242 e. The van der Waals surface area contributed by atoms with Crippen molar-refractivity contribution in [1.29, 1.82) is 0 Å². The molecule has 1 atom stereocenters. The predicted octanol–water partition coefficient (Wildman–Crippen LogP) is 4.26. The highest BCUT2D eigenvalue weighted by atomic mass is 35.5. The largest absolute Gasteiger partial charge is 0.354 e. The molecule has 0 radical (unpaired) electrons. The lowest BCUT2D eigenvalue weighted by Gasteiger charge is -2.15. The second kappa shape index (κ2) is 7.24. The Morgan fingerprint density at radius 3 is 2.83 bits per heavy atom. The Balaban J connectivity index is 1.62. The van der Waals surface area contributed by atoms with Crippen LogP contribution in [0.5, 0.6) is 0 Å². The van der Waals surface area contributed by atoms with Crippen LogP contribution in [0.1, 0.15) is 18.5 Å². The van der Waals surface area contributed by atoms with E-state index in [1.165, 1.54) is 0 Å². The van der Waals surface area contributed by atoms with Crippen molar-refractivity contribution in [3.8, 4) is 0 Å². The van der Waals surface area contributed by atoms with Gasteiger partial charge in [-0.25, -0.2) is 4.98 Å². The van der Waals surface area contributed by atoms with Crippen molar-refractivity contribution < 1.29 is 4.79 Å². The minimum absolute atomic E-state index is 0.0526. The van der Waals surface area contributed by atoms with Crippen molar-refractivity contribution in [2.45, 2.75) is 19.4 Å². The molecule has 1 amide bonds. The minimum Gasteiger partial charge on any atom is -0.354 e. The Hall–Kier alpha value is -2.04. The van der Waals surface area contributed by atoms with Crippen LogP contribution in [0.15, 0.2) is 48.8 Å². The Labute approximate surface area is 150 Å². The van der Waals surface area contributed by atoms with Gasteiger partial charge in [0.05, 0.1) is 17.4 Å². The molecule has 0 aliphatic heterocycles. The van der Waals surface area contributed by atoms with Crippen LogP contribution >= 0.6 is 23.2 Å². The van der Waals surface area contributed by atoms with Crippen molar-refractivity contribution in [2.24, 2.45) is 0 Å². The average Bonchev–Trinajstić information content (AvgIpc) is 3.00. The first kappa shape index (κ1) is 16.8. The lowest BCUT2D eigenvalue weighted by Crippen LogP contribution is -2.32. The van der Waals surface area contributed by atoms with Crippen molar-refractivity contribution in [3.05, 3.63) is 64.4 Å². The van der Waals surface area contributed by atoms with Crippen LogP contribution < -0.4 is 5.32 Å². The summed E-state index contributed by atoms with van der Waals surface area (Å²) in [7, 11) is 0. The van der Waals surface area contributed by atoms with Crippen LogP contribution in [0.3, 0.4) is 0 Å². The molecule has 1 unspecified atom stereocenters. The predicted molar refractivity (Wildman–Crippen MR) is 97.6 cm³/mol. The van der Waals surface area contributed by atoms with Crippen LogP contribution in [0, 0.1) is 0 Å². The van der Waals surface area contributed by atoms with Gasteiger partial charge in [0, 0.05) is 16.6 Å². The molecule has 0 saturated heterocycles. The third-order valence-corrected chi connectivity index (χ3v) is 4.57. The summed E-state index contributed by atoms with van der Waals surface area (Å²) < 4.78 is 1.87. The van der Waals surface area contributed by atoms with E-state index in [1.54, 1.807) is 18.5 Å². The van der Waals surface area contributed by atoms with Gasteiger partial charge in [0.15, 0.2) is 0 Å². The fraction of sp³-hybridized carbons (Fsp3) is 0.222. The molecule has 0 saturated carbocycles. The molecule has 1 N–H and O–H groups in total. The van der Waals surface area contributed by atoms with Gasteiger partial charge in [-0.2, -0.15) is 0 Å². The maximum absolute atomic E-state index is 12.4. The molecule has 124 valence electrons. The van der Waals surface area contributed by atoms with Gasteiger partial charge in [0.1, 0.15) is 6.04 Å². The zero-order valence-corrected chi connectivity index (χ0v) is 14.7. The molecule has 1 aromatic heterocycles. The van der Waals surface area contributed by atoms with Crippen LogP contribution in [0.2, 0.25) is 10.0 Å². The Bertz CT molecular complexity index is 876. The van der Waals surface area contributed by atoms with E-state index in [0.29, 0.717) is 23.0 Å². The van der Waals surface area contributed by atoms with Gasteiger partial charge >= 0.3 is 0 Å². The SMILES string of the molecule is CC(C(=O)NCCc1ccc(Cl)cc1Cl)n1cnc2ccccc21. The number of hydrogen-bond acceptors (Lipinski definition) is 2. The van der Waals surface area contributed by atoms with E-state index in [9.17, 15) is 4.79 Å². The van der Waals surface area contributed by atoms with E-state index in [-0.39, 0.29) is 11.9 Å². The molecular formula is C18H17Cl2N3O. The molecule has 0 fully saturated rings. The fourth-order valence-electron chi connectivity index (χ4n) is 2.61. The van der Waals surface area contributed by atoms with Crippen LogP contribution in [0.25, 0.3) is 11.0 Å². The summed E-state index contributed by atoms with van der Waals surface area (Å²) in [6.07, 6.45) is 2.35. The number of benzene rings is 2. The summed E-state index contributed by atoms with van der Waals surface area (Å²) in [4.78, 5) is 16.7. The summed E-state index contributed by atoms with van der Waals surface area (Å²) in [6, 6.07) is 12.8. The number of aromatic nitrogens is 2. The molecule has 0 aliphatic carbocycles. The molecule has 24 heavy (non-hydrogen) atoms. The quantitative estimate of drug-likeness (QED) is 0.737. The molecule has 1 heterocycles. The first-order chi connectivity index (χ1) is 11.6. The number of para-hydroxylation sites is 2. The van der Waals surface area contributed by atoms with E-state index >= 15 is 0 Å². The van der Waals surface area contributed by atoms with Crippen molar-refractivity contribution in [3.63, 3.8) is 0 Å². The van der Waals surface area contributed by atoms with E-state index in [1.807, 2.05) is 41.8 Å². The number of rotatable bonds is 5. The summed E-state index contributed by atoms with van der Waals surface area (Å²) >= 11 is 12.0. The first-order valence-electron chi connectivity index (χ1n) is 7.69. The number of halogens is 2. The van der Waals surface area contributed by atoms with Crippen molar-refractivity contribution in [2.75, 3.05) is 6.54 Å². The van der Waals surface area contributed by atoms with Crippen LogP contribution in [0.4, 0.5) is 0 Å². The third kappa shape index (κ3) is 3.55. The average molecular weight is 362 g/mol. The highest BCUT2D eigenvalue weighted by Crippen LogP contribution is 2.21. The maximum atomic E-state index is 12.4. The fourth-order valence-corrected chi connectivity index (χ4v) is 3.11. The molecular weight excluding hydrogens is 345 g/mol. The zero-order valence-electron chi connectivity index (χ0n) is 13.2. The third-order valence-electron chi connectivity index (χ3n) is 3.99. The summed E-state index contributed by atoms with van der Waals surface area (Å²) in [6.45, 7) is 2.37. The van der Waals surface area contributed by atoms with Crippen molar-refractivity contribution >= 4 is 40.1 Å². The number of imidazole rings is 1. The van der Waals surface area contributed by atoms with Gasteiger partial charge in [-0.05, 0) is 43.2 Å². The lowest BCUT2D eigenvalue weighted by atomic mass is 10.1. The van der Waals surface area contributed by atoms with Gasteiger partial charge in [-0.1, -0.05) is 41.4 Å². The van der Waals surface area contributed by atoms with Crippen LogP contribution in [-0.4, -0.2) is 22.0 Å². The topological polar surface area (TPSA) is 46.9 Å². The number of carbonyl (C=O) groups is 1. The summed E-state index contributed by atoms with van der Waals surface area (Å²) in [5.74, 6) is -0.0526. The zero-order chi connectivity index (χ0) is 17.1. The summed E-state index contributed by atoms with van der Waals surface area (Å²) in [5.41, 5.74) is 2.79. The normalized spacial score (nSPS) is 12.3. The van der Waals surface area contributed by atoms with Gasteiger partial charge in [0.25, 0.3) is 0 Å². The first-order valence-corrected chi connectivity index (χ1v) is 8.45. The molecule has 6 heteroatoms. The van der Waals surface area contributed by atoms with Gasteiger partial charge < -0.3 is 9.88 Å². The number of hydrogen-bond donors (Lipinski definition) is 1. The second-order valence-corrected chi connectivity index (χ2v) is 6.44. The molecule has 2 aromatic carbocycles. The monoisotopic (exact) mass is 361 g/mol. The molecule has 0 spiro atoms. The highest BCUT2D eigenvalue weighted by Gasteiger charge is 2.16. The highest BCUT2D eigenvalue weighted by molar-refractivity contribution is 6.35. The minimum atomic E-state index is -0.335. The Morgan fingerprint density at radius 2 is 2.04 bits per heavy atom. The lowest BCUT2D eigenvalue weighted by molar-refractivity contribution is -0.123.